The third-order valence-corrected chi connectivity index (χ3v) is 3.08. The van der Waals surface area contributed by atoms with Gasteiger partial charge in [-0.1, -0.05) is 0 Å². The largest absolute Gasteiger partial charge is 0.508 e. The van der Waals surface area contributed by atoms with Gasteiger partial charge in [-0.2, -0.15) is 0 Å². The fraction of sp³-hybridized carbons (Fsp3) is 0.400. The Balaban J connectivity index is 2.40. The van der Waals surface area contributed by atoms with E-state index in [9.17, 15) is 10.0 Å². The van der Waals surface area contributed by atoms with Crippen molar-refractivity contribution in [3.05, 3.63) is 21.5 Å². The molecule has 0 atom stereocenters. The fourth-order valence-corrected chi connectivity index (χ4v) is 2.22. The van der Waals surface area contributed by atoms with Crippen LogP contribution < -0.4 is 4.90 Å². The van der Waals surface area contributed by atoms with E-state index in [0.29, 0.717) is 42.2 Å². The van der Waals surface area contributed by atoms with E-state index in [2.05, 4.69) is 21.1 Å². The number of anilines is 1. The molecule has 0 aromatic heterocycles. The Morgan fingerprint density at radius 1 is 1.38 bits per heavy atom. The zero-order valence-electron chi connectivity index (χ0n) is 8.52. The molecule has 5 nitrogen and oxygen atoms in total. The number of nitroso groups, excluding NO2 is 1. The van der Waals surface area contributed by atoms with Gasteiger partial charge in [0.15, 0.2) is 0 Å². The highest BCUT2D eigenvalue weighted by molar-refractivity contribution is 9.10. The summed E-state index contributed by atoms with van der Waals surface area (Å²) in [6, 6.07) is 3.01. The lowest BCUT2D eigenvalue weighted by Gasteiger charge is -2.29. The number of morpholine rings is 1. The van der Waals surface area contributed by atoms with Crippen molar-refractivity contribution in [3.8, 4) is 5.75 Å². The quantitative estimate of drug-likeness (QED) is 0.848. The average Bonchev–Trinajstić information content (AvgIpc) is 2.29. The van der Waals surface area contributed by atoms with Gasteiger partial charge in [-0.25, -0.2) is 0 Å². The molecule has 1 aromatic carbocycles. The van der Waals surface area contributed by atoms with Crippen LogP contribution in [0.5, 0.6) is 5.75 Å². The van der Waals surface area contributed by atoms with Crippen LogP contribution >= 0.6 is 15.9 Å². The van der Waals surface area contributed by atoms with Crippen LogP contribution in [0, 0.1) is 4.91 Å². The molecular formula is C10H11BrN2O3. The van der Waals surface area contributed by atoms with Gasteiger partial charge in [-0.05, 0) is 27.2 Å². The number of benzene rings is 1. The van der Waals surface area contributed by atoms with E-state index in [4.69, 9.17) is 4.74 Å². The number of nitrogens with zero attached hydrogens (tertiary/aromatic N) is 2. The minimum atomic E-state index is 0.112. The van der Waals surface area contributed by atoms with Gasteiger partial charge in [0.1, 0.15) is 11.4 Å². The lowest BCUT2D eigenvalue weighted by atomic mass is 10.2. The number of rotatable bonds is 2. The fourth-order valence-electron chi connectivity index (χ4n) is 1.71. The standard InChI is InChI=1S/C10H11BrN2O3/c11-8-5-7(14)6-9(10(8)12-15)13-1-3-16-4-2-13/h5-6,14H,1-4H2. The molecule has 0 aliphatic carbocycles. The summed E-state index contributed by atoms with van der Waals surface area (Å²) in [4.78, 5) is 12.8. The molecule has 0 unspecified atom stereocenters. The van der Waals surface area contributed by atoms with Crippen molar-refractivity contribution in [2.24, 2.45) is 5.18 Å². The van der Waals surface area contributed by atoms with Crippen molar-refractivity contribution in [2.45, 2.75) is 0 Å². The van der Waals surface area contributed by atoms with Crippen LogP contribution in [0.3, 0.4) is 0 Å². The first-order chi connectivity index (χ1) is 7.72. The molecule has 2 rings (SSSR count). The lowest BCUT2D eigenvalue weighted by Crippen LogP contribution is -2.36. The second-order valence-corrected chi connectivity index (χ2v) is 4.34. The molecular weight excluding hydrogens is 276 g/mol. The number of hydrogen-bond donors (Lipinski definition) is 1. The SMILES string of the molecule is O=Nc1c(Br)cc(O)cc1N1CCOCC1. The average molecular weight is 287 g/mol. The van der Waals surface area contributed by atoms with Crippen molar-refractivity contribution in [2.75, 3.05) is 31.2 Å². The Hall–Kier alpha value is -1.14. The molecule has 6 heteroatoms. The van der Waals surface area contributed by atoms with Gasteiger partial charge in [0.2, 0.25) is 0 Å². The second-order valence-electron chi connectivity index (χ2n) is 3.49. The van der Waals surface area contributed by atoms with Crippen LogP contribution in [0.25, 0.3) is 0 Å². The molecule has 0 spiro atoms. The number of phenolic OH excluding ortho intramolecular Hbond substituents is 1. The summed E-state index contributed by atoms with van der Waals surface area (Å²) in [7, 11) is 0. The third kappa shape index (κ3) is 2.17. The Morgan fingerprint density at radius 3 is 2.69 bits per heavy atom. The van der Waals surface area contributed by atoms with Gasteiger partial charge in [-0.15, -0.1) is 4.91 Å². The van der Waals surface area contributed by atoms with E-state index < -0.39 is 0 Å². The number of halogens is 1. The highest BCUT2D eigenvalue weighted by atomic mass is 79.9. The monoisotopic (exact) mass is 286 g/mol. The summed E-state index contributed by atoms with van der Waals surface area (Å²) in [6.45, 7) is 2.62. The predicted molar refractivity (Wildman–Crippen MR) is 64.3 cm³/mol. The molecule has 1 aliphatic rings. The number of phenols is 1. The number of ether oxygens (including phenoxy) is 1. The van der Waals surface area contributed by atoms with E-state index in [0.717, 1.165) is 0 Å². The van der Waals surface area contributed by atoms with Crippen LogP contribution in [-0.4, -0.2) is 31.4 Å². The first kappa shape index (κ1) is 11.3. The van der Waals surface area contributed by atoms with Gasteiger partial charge >= 0.3 is 0 Å². The minimum Gasteiger partial charge on any atom is -0.508 e. The molecule has 0 amide bonds. The predicted octanol–water partition coefficient (Wildman–Crippen LogP) is 2.39. The molecule has 1 N–H and O–H groups in total. The molecule has 16 heavy (non-hydrogen) atoms. The molecule has 1 aliphatic heterocycles. The summed E-state index contributed by atoms with van der Waals surface area (Å²) in [5.74, 6) is 0.112. The molecule has 0 radical (unpaired) electrons. The van der Waals surface area contributed by atoms with E-state index in [1.807, 2.05) is 4.90 Å². The van der Waals surface area contributed by atoms with Crippen LogP contribution in [0.1, 0.15) is 0 Å². The normalized spacial score (nSPS) is 16.2. The molecule has 1 aromatic rings. The van der Waals surface area contributed by atoms with Gasteiger partial charge < -0.3 is 14.7 Å². The van der Waals surface area contributed by atoms with Crippen molar-refractivity contribution >= 4 is 27.3 Å². The summed E-state index contributed by atoms with van der Waals surface area (Å²) in [5.41, 5.74) is 0.963. The van der Waals surface area contributed by atoms with Crippen molar-refractivity contribution < 1.29 is 9.84 Å². The second kappa shape index (κ2) is 4.80. The van der Waals surface area contributed by atoms with Gasteiger partial charge in [0, 0.05) is 19.2 Å². The first-order valence-electron chi connectivity index (χ1n) is 4.91. The maximum atomic E-state index is 10.8. The van der Waals surface area contributed by atoms with Gasteiger partial charge in [0.05, 0.1) is 23.4 Å². The number of aromatic hydroxyl groups is 1. The molecule has 1 heterocycles. The van der Waals surface area contributed by atoms with E-state index in [1.54, 1.807) is 6.07 Å². The summed E-state index contributed by atoms with van der Waals surface area (Å²) < 4.78 is 5.73. The Kier molecular flexibility index (Phi) is 3.40. The highest BCUT2D eigenvalue weighted by Gasteiger charge is 2.18. The van der Waals surface area contributed by atoms with E-state index >= 15 is 0 Å². The Labute approximate surface area is 101 Å². The highest BCUT2D eigenvalue weighted by Crippen LogP contribution is 2.39. The minimum absolute atomic E-state index is 0.112. The Bertz CT molecular complexity index is 405. The molecule has 1 saturated heterocycles. The van der Waals surface area contributed by atoms with Gasteiger partial charge in [-0.3, -0.25) is 0 Å². The van der Waals surface area contributed by atoms with Gasteiger partial charge in [0.25, 0.3) is 0 Å². The summed E-state index contributed by atoms with van der Waals surface area (Å²) in [5, 5.41) is 12.5. The maximum Gasteiger partial charge on any atom is 0.145 e. The van der Waals surface area contributed by atoms with Crippen molar-refractivity contribution in [3.63, 3.8) is 0 Å². The van der Waals surface area contributed by atoms with E-state index in [1.165, 1.54) is 6.07 Å². The summed E-state index contributed by atoms with van der Waals surface area (Å²) in [6.07, 6.45) is 0. The molecule has 0 saturated carbocycles. The first-order valence-corrected chi connectivity index (χ1v) is 5.70. The smallest absolute Gasteiger partial charge is 0.145 e. The topological polar surface area (TPSA) is 62.1 Å². The molecule has 0 bridgehead atoms. The Morgan fingerprint density at radius 2 is 2.06 bits per heavy atom. The molecule has 86 valence electrons. The van der Waals surface area contributed by atoms with E-state index in [-0.39, 0.29) is 5.75 Å². The van der Waals surface area contributed by atoms with Crippen LogP contribution in [0.2, 0.25) is 0 Å². The van der Waals surface area contributed by atoms with Crippen LogP contribution in [0.4, 0.5) is 11.4 Å². The van der Waals surface area contributed by atoms with Crippen molar-refractivity contribution in [1.29, 1.82) is 0 Å². The zero-order chi connectivity index (χ0) is 11.5. The summed E-state index contributed by atoms with van der Waals surface area (Å²) >= 11 is 3.21. The lowest BCUT2D eigenvalue weighted by molar-refractivity contribution is 0.122. The maximum absolute atomic E-state index is 10.8. The third-order valence-electron chi connectivity index (χ3n) is 2.47. The van der Waals surface area contributed by atoms with Crippen LogP contribution in [-0.2, 0) is 4.74 Å². The number of hydrogen-bond acceptors (Lipinski definition) is 5. The van der Waals surface area contributed by atoms with Crippen molar-refractivity contribution in [1.82, 2.24) is 0 Å². The molecule has 1 fully saturated rings. The van der Waals surface area contributed by atoms with Crippen LogP contribution in [0.15, 0.2) is 21.8 Å². The zero-order valence-corrected chi connectivity index (χ0v) is 10.1.